The molecule has 0 aromatic carbocycles. The number of imidazole rings is 1. The molecule has 4 nitrogen and oxygen atoms in total. The number of halogens is 1. The molecule has 0 saturated heterocycles. The summed E-state index contributed by atoms with van der Waals surface area (Å²) < 4.78 is 3.07. The van der Waals surface area contributed by atoms with E-state index in [2.05, 4.69) is 56.8 Å². The van der Waals surface area contributed by atoms with E-state index in [1.807, 2.05) is 14.0 Å². The van der Waals surface area contributed by atoms with Gasteiger partial charge < -0.3 is 9.88 Å². The van der Waals surface area contributed by atoms with Gasteiger partial charge in [-0.15, -0.1) is 0 Å². The van der Waals surface area contributed by atoms with Crippen LogP contribution in [0, 0.1) is 6.92 Å². The zero-order valence-corrected chi connectivity index (χ0v) is 11.6. The normalized spacial score (nSPS) is 13.5. The summed E-state index contributed by atoms with van der Waals surface area (Å²) in [6.45, 7) is 2.92. The fourth-order valence-corrected chi connectivity index (χ4v) is 2.45. The van der Waals surface area contributed by atoms with Gasteiger partial charge in [0.2, 0.25) is 0 Å². The van der Waals surface area contributed by atoms with Crippen LogP contribution in [0.1, 0.15) is 17.6 Å². The van der Waals surface area contributed by atoms with Crippen molar-refractivity contribution in [2.24, 2.45) is 7.05 Å². The molecule has 86 valence electrons. The Kier molecular flexibility index (Phi) is 4.31. The van der Waals surface area contributed by atoms with Crippen molar-refractivity contribution >= 4 is 15.9 Å². The third kappa shape index (κ3) is 2.59. The second-order valence-electron chi connectivity index (χ2n) is 3.93. The fraction of sp³-hybridized carbons (Fsp3) is 0.700. The molecule has 0 aliphatic carbocycles. The van der Waals surface area contributed by atoms with Gasteiger partial charge >= 0.3 is 0 Å². The van der Waals surface area contributed by atoms with Gasteiger partial charge in [-0.2, -0.15) is 0 Å². The molecule has 1 rings (SSSR count). The Bertz CT molecular complexity index is 332. The molecule has 15 heavy (non-hydrogen) atoms. The summed E-state index contributed by atoms with van der Waals surface area (Å²) in [6, 6.07) is 0.329. The number of nitrogens with one attached hydrogen (secondary N) is 1. The van der Waals surface area contributed by atoms with Crippen LogP contribution in [0.15, 0.2) is 4.60 Å². The van der Waals surface area contributed by atoms with Gasteiger partial charge in [-0.1, -0.05) is 0 Å². The Morgan fingerprint density at radius 2 is 2.13 bits per heavy atom. The van der Waals surface area contributed by atoms with E-state index in [9.17, 15) is 0 Å². The van der Waals surface area contributed by atoms with Gasteiger partial charge in [0.05, 0.1) is 11.7 Å². The summed E-state index contributed by atoms with van der Waals surface area (Å²) in [5.41, 5.74) is 1.21. The predicted octanol–water partition coefficient (Wildman–Crippen LogP) is 1.31. The molecule has 0 radical (unpaired) electrons. The zero-order valence-electron chi connectivity index (χ0n) is 10.0. The van der Waals surface area contributed by atoms with Gasteiger partial charge in [0.25, 0.3) is 0 Å². The first-order valence-corrected chi connectivity index (χ1v) is 5.78. The highest BCUT2D eigenvalue weighted by Gasteiger charge is 2.21. The average Bonchev–Trinajstić information content (AvgIpc) is 2.38. The van der Waals surface area contributed by atoms with E-state index in [-0.39, 0.29) is 0 Å². The number of hydrogen-bond acceptors (Lipinski definition) is 3. The monoisotopic (exact) mass is 274 g/mol. The van der Waals surface area contributed by atoms with Crippen molar-refractivity contribution in [1.82, 2.24) is 19.8 Å². The first kappa shape index (κ1) is 12.7. The molecule has 5 heteroatoms. The van der Waals surface area contributed by atoms with Crippen LogP contribution < -0.4 is 5.32 Å². The van der Waals surface area contributed by atoms with E-state index in [0.29, 0.717) is 6.04 Å². The van der Waals surface area contributed by atoms with Gasteiger partial charge in [0, 0.05) is 13.6 Å². The highest BCUT2D eigenvalue weighted by Crippen LogP contribution is 2.26. The molecule has 1 atom stereocenters. The van der Waals surface area contributed by atoms with Gasteiger partial charge in [-0.3, -0.25) is 4.90 Å². The second kappa shape index (κ2) is 5.09. The Labute approximate surface area is 99.8 Å². The first-order valence-electron chi connectivity index (χ1n) is 4.98. The third-order valence-electron chi connectivity index (χ3n) is 2.65. The lowest BCUT2D eigenvalue weighted by Crippen LogP contribution is -2.31. The maximum absolute atomic E-state index is 4.42. The summed E-state index contributed by atoms with van der Waals surface area (Å²) in [5, 5.41) is 3.21. The minimum absolute atomic E-state index is 0.329. The number of likely N-dealkylation sites (N-methyl/N-ethyl adjacent to an activating group) is 2. The smallest absolute Gasteiger partial charge is 0.129 e. The zero-order chi connectivity index (χ0) is 11.6. The molecule has 0 saturated carbocycles. The lowest BCUT2D eigenvalue weighted by Gasteiger charge is -2.25. The van der Waals surface area contributed by atoms with E-state index < -0.39 is 0 Å². The molecular formula is C10H19BrN4. The van der Waals surface area contributed by atoms with Crippen LogP contribution in [-0.2, 0) is 7.05 Å². The lowest BCUT2D eigenvalue weighted by atomic mass is 10.2. The molecule has 1 heterocycles. The Hall–Kier alpha value is -0.390. The Balaban J connectivity index is 3.10. The quantitative estimate of drug-likeness (QED) is 0.899. The maximum atomic E-state index is 4.42. The molecule has 1 N–H and O–H groups in total. The van der Waals surface area contributed by atoms with E-state index in [4.69, 9.17) is 0 Å². The highest BCUT2D eigenvalue weighted by molar-refractivity contribution is 9.10. The molecule has 0 amide bonds. The predicted molar refractivity (Wildman–Crippen MR) is 66.0 cm³/mol. The Morgan fingerprint density at radius 3 is 2.47 bits per heavy atom. The number of nitrogens with zero attached hydrogens (tertiary/aromatic N) is 3. The number of aromatic nitrogens is 2. The average molecular weight is 275 g/mol. The molecule has 1 unspecified atom stereocenters. The Morgan fingerprint density at radius 1 is 1.53 bits per heavy atom. The highest BCUT2D eigenvalue weighted by atomic mass is 79.9. The van der Waals surface area contributed by atoms with Crippen LogP contribution in [0.4, 0.5) is 0 Å². The molecule has 0 aliphatic rings. The van der Waals surface area contributed by atoms with Crippen molar-refractivity contribution in [3.05, 3.63) is 16.1 Å². The molecule has 0 spiro atoms. The van der Waals surface area contributed by atoms with Crippen molar-refractivity contribution < 1.29 is 0 Å². The van der Waals surface area contributed by atoms with Gasteiger partial charge in [-0.25, -0.2) is 4.98 Å². The van der Waals surface area contributed by atoms with Crippen LogP contribution in [0.3, 0.4) is 0 Å². The summed E-state index contributed by atoms with van der Waals surface area (Å²) in [6.07, 6.45) is 0. The fourth-order valence-electron chi connectivity index (χ4n) is 1.67. The van der Waals surface area contributed by atoms with E-state index in [0.717, 1.165) is 17.0 Å². The van der Waals surface area contributed by atoms with E-state index in [1.165, 1.54) is 5.69 Å². The number of aryl methyl sites for hydroxylation is 1. The van der Waals surface area contributed by atoms with Crippen LogP contribution in [-0.4, -0.2) is 42.1 Å². The molecular weight excluding hydrogens is 256 g/mol. The summed E-state index contributed by atoms with van der Waals surface area (Å²) in [7, 11) is 8.18. The minimum Gasteiger partial charge on any atom is -0.333 e. The molecule has 1 aromatic heterocycles. The SMILES string of the molecule is CNCC(c1c(Br)nc(C)n1C)N(C)C. The van der Waals surface area contributed by atoms with Crippen LogP contribution in [0.2, 0.25) is 0 Å². The molecule has 0 fully saturated rings. The van der Waals surface area contributed by atoms with Gasteiger partial charge in [0.1, 0.15) is 10.4 Å². The largest absolute Gasteiger partial charge is 0.333 e. The maximum Gasteiger partial charge on any atom is 0.129 e. The minimum atomic E-state index is 0.329. The van der Waals surface area contributed by atoms with Crippen LogP contribution >= 0.6 is 15.9 Å². The van der Waals surface area contributed by atoms with E-state index >= 15 is 0 Å². The third-order valence-corrected chi connectivity index (χ3v) is 3.24. The van der Waals surface area contributed by atoms with Gasteiger partial charge in [-0.05, 0) is 44.0 Å². The van der Waals surface area contributed by atoms with Crippen molar-refractivity contribution in [2.75, 3.05) is 27.7 Å². The van der Waals surface area contributed by atoms with Crippen molar-refractivity contribution in [1.29, 1.82) is 0 Å². The number of rotatable bonds is 4. The van der Waals surface area contributed by atoms with E-state index in [1.54, 1.807) is 0 Å². The summed E-state index contributed by atoms with van der Waals surface area (Å²) in [5.74, 6) is 1.03. The van der Waals surface area contributed by atoms with Crippen LogP contribution in [0.25, 0.3) is 0 Å². The van der Waals surface area contributed by atoms with Crippen molar-refractivity contribution in [2.45, 2.75) is 13.0 Å². The first-order chi connectivity index (χ1) is 6.99. The van der Waals surface area contributed by atoms with Gasteiger partial charge in [0.15, 0.2) is 0 Å². The molecule has 0 bridgehead atoms. The van der Waals surface area contributed by atoms with Crippen molar-refractivity contribution in [3.63, 3.8) is 0 Å². The standard InChI is InChI=1S/C10H19BrN4/c1-7-13-10(11)9(15(7)5)8(6-12-2)14(3)4/h8,12H,6H2,1-5H3. The second-order valence-corrected chi connectivity index (χ2v) is 4.68. The van der Waals surface area contributed by atoms with Crippen LogP contribution in [0.5, 0.6) is 0 Å². The topological polar surface area (TPSA) is 33.1 Å². The molecule has 0 aliphatic heterocycles. The summed E-state index contributed by atoms with van der Waals surface area (Å²) in [4.78, 5) is 6.61. The molecule has 1 aromatic rings. The summed E-state index contributed by atoms with van der Waals surface area (Å²) >= 11 is 3.52. The lowest BCUT2D eigenvalue weighted by molar-refractivity contribution is 0.282. The van der Waals surface area contributed by atoms with Crippen molar-refractivity contribution in [3.8, 4) is 0 Å². The number of hydrogen-bond donors (Lipinski definition) is 1.